The molecule has 0 aromatic heterocycles. The fourth-order valence-corrected chi connectivity index (χ4v) is 3.50. The molecular formula is C23H24N4O3. The van der Waals surface area contributed by atoms with Gasteiger partial charge in [0.2, 0.25) is 5.91 Å². The molecule has 1 atom stereocenters. The predicted molar refractivity (Wildman–Crippen MR) is 111 cm³/mol. The highest BCUT2D eigenvalue weighted by Crippen LogP contribution is 2.29. The number of rotatable bonds is 6. The van der Waals surface area contributed by atoms with E-state index < -0.39 is 17.5 Å². The molecule has 1 saturated heterocycles. The van der Waals surface area contributed by atoms with Gasteiger partial charge in [-0.15, -0.1) is 0 Å². The van der Waals surface area contributed by atoms with Gasteiger partial charge in [-0.3, -0.25) is 14.5 Å². The molecule has 3 rings (SSSR count). The van der Waals surface area contributed by atoms with Crippen molar-refractivity contribution in [1.82, 2.24) is 15.1 Å². The molecule has 4 amide bonds. The van der Waals surface area contributed by atoms with Gasteiger partial charge in [0.25, 0.3) is 5.91 Å². The number of carbonyl (C=O) groups is 3. The van der Waals surface area contributed by atoms with E-state index in [1.165, 1.54) is 0 Å². The average Bonchev–Trinajstić information content (AvgIpc) is 2.96. The largest absolute Gasteiger partial charge is 0.334 e. The fourth-order valence-electron chi connectivity index (χ4n) is 3.50. The molecule has 2 aromatic rings. The average molecular weight is 404 g/mol. The summed E-state index contributed by atoms with van der Waals surface area (Å²) in [6.07, 6.45) is 0. The first-order chi connectivity index (χ1) is 14.3. The Balaban J connectivity index is 1.80. The van der Waals surface area contributed by atoms with Crippen molar-refractivity contribution in [2.24, 2.45) is 0 Å². The van der Waals surface area contributed by atoms with Crippen molar-refractivity contribution in [3.8, 4) is 6.07 Å². The van der Waals surface area contributed by atoms with E-state index in [0.29, 0.717) is 17.7 Å². The molecule has 1 aliphatic heterocycles. The third kappa shape index (κ3) is 4.03. The number of nitrogens with one attached hydrogen (secondary N) is 1. The van der Waals surface area contributed by atoms with Crippen LogP contribution in [0.15, 0.2) is 54.6 Å². The molecule has 0 bridgehead atoms. The number of urea groups is 1. The first-order valence-electron chi connectivity index (χ1n) is 9.74. The Hall–Kier alpha value is -3.66. The van der Waals surface area contributed by atoms with Crippen LogP contribution >= 0.6 is 0 Å². The first kappa shape index (κ1) is 21.1. The van der Waals surface area contributed by atoms with Gasteiger partial charge >= 0.3 is 6.03 Å². The van der Waals surface area contributed by atoms with Crippen molar-refractivity contribution in [3.05, 3.63) is 71.3 Å². The van der Waals surface area contributed by atoms with Crippen molar-refractivity contribution in [1.29, 1.82) is 5.26 Å². The van der Waals surface area contributed by atoms with Gasteiger partial charge in [0.1, 0.15) is 12.1 Å². The fraction of sp³-hybridized carbons (Fsp3) is 0.304. The van der Waals surface area contributed by atoms with Crippen LogP contribution in [-0.2, 0) is 21.7 Å². The SMILES string of the molecule is CC(C)N(Cc1ccccc1)C(=O)CN1C(=O)NC(C)(c2cccc(C#N)c2)C1=O. The molecule has 154 valence electrons. The molecule has 0 radical (unpaired) electrons. The lowest BCUT2D eigenvalue weighted by atomic mass is 9.91. The van der Waals surface area contributed by atoms with Crippen molar-refractivity contribution in [2.75, 3.05) is 6.54 Å². The molecule has 1 unspecified atom stereocenters. The summed E-state index contributed by atoms with van der Waals surface area (Å²) in [7, 11) is 0. The maximum Gasteiger partial charge on any atom is 0.325 e. The van der Waals surface area contributed by atoms with E-state index in [-0.39, 0.29) is 18.5 Å². The number of hydrogen-bond acceptors (Lipinski definition) is 4. The van der Waals surface area contributed by atoms with Gasteiger partial charge in [0.15, 0.2) is 0 Å². The molecule has 1 heterocycles. The van der Waals surface area contributed by atoms with Gasteiger partial charge in [0.05, 0.1) is 11.6 Å². The number of hydrogen-bond donors (Lipinski definition) is 1. The Morgan fingerprint density at radius 3 is 2.50 bits per heavy atom. The Labute approximate surface area is 175 Å². The number of amides is 4. The summed E-state index contributed by atoms with van der Waals surface area (Å²) in [5, 5.41) is 11.8. The van der Waals surface area contributed by atoms with Gasteiger partial charge in [0, 0.05) is 12.6 Å². The minimum absolute atomic E-state index is 0.0998. The number of carbonyl (C=O) groups excluding carboxylic acids is 3. The zero-order valence-corrected chi connectivity index (χ0v) is 17.3. The van der Waals surface area contributed by atoms with Crippen molar-refractivity contribution >= 4 is 17.8 Å². The molecule has 1 fully saturated rings. The smallest absolute Gasteiger partial charge is 0.325 e. The van der Waals surface area contributed by atoms with Crippen LogP contribution < -0.4 is 5.32 Å². The van der Waals surface area contributed by atoms with Gasteiger partial charge in [-0.2, -0.15) is 5.26 Å². The van der Waals surface area contributed by atoms with Crippen LogP contribution in [0.5, 0.6) is 0 Å². The maximum atomic E-state index is 13.1. The summed E-state index contributed by atoms with van der Waals surface area (Å²) in [5.41, 5.74) is 0.528. The standard InChI is InChI=1S/C23H24N4O3/c1-16(2)26(14-17-8-5-4-6-9-17)20(28)15-27-21(29)23(3,25-22(27)30)19-11-7-10-18(12-19)13-24/h4-12,16H,14-15H2,1-3H3,(H,25,30). The van der Waals surface area contributed by atoms with Crippen LogP contribution in [0.2, 0.25) is 0 Å². The normalized spacial score (nSPS) is 18.3. The number of nitriles is 1. The van der Waals surface area contributed by atoms with Crippen molar-refractivity contribution in [3.63, 3.8) is 0 Å². The molecular weight excluding hydrogens is 380 g/mol. The molecule has 1 N–H and O–H groups in total. The lowest BCUT2D eigenvalue weighted by Gasteiger charge is -2.28. The van der Waals surface area contributed by atoms with Gasteiger partial charge in [-0.05, 0) is 44.0 Å². The Morgan fingerprint density at radius 1 is 1.17 bits per heavy atom. The van der Waals surface area contributed by atoms with Crippen LogP contribution in [0.25, 0.3) is 0 Å². The molecule has 7 heteroatoms. The second-order valence-corrected chi connectivity index (χ2v) is 7.74. The van der Waals surface area contributed by atoms with Crippen LogP contribution in [0.4, 0.5) is 4.79 Å². The summed E-state index contributed by atoms with van der Waals surface area (Å²) in [5.74, 6) is -0.827. The molecule has 30 heavy (non-hydrogen) atoms. The summed E-state index contributed by atoms with van der Waals surface area (Å²) in [6.45, 7) is 5.42. The number of benzene rings is 2. The second-order valence-electron chi connectivity index (χ2n) is 7.74. The molecule has 0 spiro atoms. The summed E-state index contributed by atoms with van der Waals surface area (Å²) in [4.78, 5) is 41.3. The topological polar surface area (TPSA) is 93.5 Å². The summed E-state index contributed by atoms with van der Waals surface area (Å²) < 4.78 is 0. The Kier molecular flexibility index (Phi) is 5.88. The molecule has 0 aliphatic carbocycles. The van der Waals surface area contributed by atoms with Gasteiger partial charge in [-0.25, -0.2) is 4.79 Å². The molecule has 1 aliphatic rings. The van der Waals surface area contributed by atoms with E-state index in [4.69, 9.17) is 5.26 Å². The zero-order valence-electron chi connectivity index (χ0n) is 17.3. The quantitative estimate of drug-likeness (QED) is 0.749. The minimum Gasteiger partial charge on any atom is -0.334 e. The molecule has 0 saturated carbocycles. The van der Waals surface area contributed by atoms with E-state index in [2.05, 4.69) is 5.32 Å². The van der Waals surface area contributed by atoms with Crippen LogP contribution in [0, 0.1) is 11.3 Å². The molecule has 2 aromatic carbocycles. The minimum atomic E-state index is -1.33. The Morgan fingerprint density at radius 2 is 1.87 bits per heavy atom. The van der Waals surface area contributed by atoms with Crippen molar-refractivity contribution in [2.45, 2.75) is 38.9 Å². The summed E-state index contributed by atoms with van der Waals surface area (Å²) >= 11 is 0. The second kappa shape index (κ2) is 8.37. The third-order valence-corrected chi connectivity index (χ3v) is 5.28. The zero-order chi connectivity index (χ0) is 21.9. The lowest BCUT2D eigenvalue weighted by Crippen LogP contribution is -2.46. The van der Waals surface area contributed by atoms with E-state index in [9.17, 15) is 14.4 Å². The van der Waals surface area contributed by atoms with Crippen LogP contribution in [0.3, 0.4) is 0 Å². The summed E-state index contributed by atoms with van der Waals surface area (Å²) in [6, 6.07) is 17.4. The van der Waals surface area contributed by atoms with Gasteiger partial charge in [-0.1, -0.05) is 42.5 Å². The maximum absolute atomic E-state index is 13.1. The molecule has 7 nitrogen and oxygen atoms in total. The van der Waals surface area contributed by atoms with E-state index in [1.54, 1.807) is 36.1 Å². The third-order valence-electron chi connectivity index (χ3n) is 5.28. The Bertz CT molecular complexity index is 1010. The highest BCUT2D eigenvalue weighted by Gasteiger charge is 2.49. The number of imide groups is 1. The first-order valence-corrected chi connectivity index (χ1v) is 9.74. The number of nitrogens with zero attached hydrogens (tertiary/aromatic N) is 3. The van der Waals surface area contributed by atoms with E-state index in [0.717, 1.165) is 10.5 Å². The van der Waals surface area contributed by atoms with Gasteiger partial charge < -0.3 is 10.2 Å². The monoisotopic (exact) mass is 404 g/mol. The lowest BCUT2D eigenvalue weighted by molar-refractivity contribution is -0.140. The van der Waals surface area contributed by atoms with Crippen LogP contribution in [-0.4, -0.2) is 40.2 Å². The predicted octanol–water partition coefficient (Wildman–Crippen LogP) is 2.76. The highest BCUT2D eigenvalue weighted by molar-refractivity contribution is 6.09. The van der Waals surface area contributed by atoms with Crippen LogP contribution in [0.1, 0.15) is 37.5 Å². The van der Waals surface area contributed by atoms with E-state index in [1.807, 2.05) is 50.2 Å². The van der Waals surface area contributed by atoms with E-state index >= 15 is 0 Å². The highest BCUT2D eigenvalue weighted by atomic mass is 16.2. The van der Waals surface area contributed by atoms with Crippen molar-refractivity contribution < 1.29 is 14.4 Å².